The van der Waals surface area contributed by atoms with Crippen LogP contribution >= 0.6 is 11.3 Å². The molecule has 4 aromatic heterocycles. The van der Waals surface area contributed by atoms with Gasteiger partial charge in [-0.15, -0.1) is 11.3 Å². The summed E-state index contributed by atoms with van der Waals surface area (Å²) in [6, 6.07) is 46.4. The topological polar surface area (TPSA) is 35.6 Å². The van der Waals surface area contributed by atoms with Crippen molar-refractivity contribution in [1.82, 2.24) is 19.1 Å². The molecule has 10 aromatic rings. The summed E-state index contributed by atoms with van der Waals surface area (Å²) in [6.07, 6.45) is 5.44. The van der Waals surface area contributed by atoms with E-state index in [1.807, 2.05) is 23.7 Å². The average Bonchev–Trinajstić information content (AvgIpc) is 3.76. The van der Waals surface area contributed by atoms with E-state index in [0.29, 0.717) is 0 Å². The Bertz CT molecular complexity index is 2660. The number of nitrogens with zero attached hydrogens (tertiary/aromatic N) is 4. The average molecular weight is 593 g/mol. The number of benzene rings is 6. The number of aromatic nitrogens is 4. The number of fused-ring (bicyclic) bond motifs is 9. The summed E-state index contributed by atoms with van der Waals surface area (Å²) < 4.78 is 7.30. The van der Waals surface area contributed by atoms with Gasteiger partial charge in [-0.2, -0.15) is 0 Å². The second-order valence-corrected chi connectivity index (χ2v) is 12.6. The zero-order valence-electron chi connectivity index (χ0n) is 24.1. The molecule has 0 radical (unpaired) electrons. The van der Waals surface area contributed by atoms with Crippen LogP contribution in [0.4, 0.5) is 0 Å². The van der Waals surface area contributed by atoms with Crippen molar-refractivity contribution < 1.29 is 0 Å². The van der Waals surface area contributed by atoms with Crippen molar-refractivity contribution in [2.24, 2.45) is 0 Å². The molecule has 0 atom stereocenters. The zero-order valence-corrected chi connectivity index (χ0v) is 24.9. The summed E-state index contributed by atoms with van der Waals surface area (Å²) in [5.74, 6) is 0. The fourth-order valence-electron chi connectivity index (χ4n) is 7.17. The maximum Gasteiger partial charge on any atom is 0.115 e. The molecule has 0 aliphatic rings. The predicted octanol–water partition coefficient (Wildman–Crippen LogP) is 10.7. The molecular weight excluding hydrogens is 569 g/mol. The van der Waals surface area contributed by atoms with Gasteiger partial charge in [0.2, 0.25) is 0 Å². The van der Waals surface area contributed by atoms with Crippen LogP contribution in [0, 0.1) is 0 Å². The lowest BCUT2D eigenvalue weighted by molar-refractivity contribution is 1.17. The van der Waals surface area contributed by atoms with E-state index >= 15 is 0 Å². The van der Waals surface area contributed by atoms with Crippen molar-refractivity contribution in [3.05, 3.63) is 146 Å². The van der Waals surface area contributed by atoms with Gasteiger partial charge in [0, 0.05) is 76.6 Å². The molecule has 0 bridgehead atoms. The Kier molecular flexibility index (Phi) is 5.12. The first-order chi connectivity index (χ1) is 22.3. The molecule has 10 rings (SSSR count). The minimum Gasteiger partial charge on any atom is -0.309 e. The Morgan fingerprint density at radius 1 is 0.444 bits per heavy atom. The van der Waals surface area contributed by atoms with Gasteiger partial charge in [0.25, 0.3) is 0 Å². The van der Waals surface area contributed by atoms with Crippen LogP contribution in [0.5, 0.6) is 0 Å². The van der Waals surface area contributed by atoms with E-state index in [4.69, 9.17) is 0 Å². The summed E-state index contributed by atoms with van der Waals surface area (Å²) in [4.78, 5) is 8.81. The third-order valence-corrected chi connectivity index (χ3v) is 10.3. The lowest BCUT2D eigenvalue weighted by Crippen LogP contribution is -1.95. The fraction of sp³-hybridized carbons (Fsp3) is 0. The van der Waals surface area contributed by atoms with Crippen LogP contribution in [-0.4, -0.2) is 19.1 Å². The molecule has 0 amide bonds. The molecule has 4 heterocycles. The van der Waals surface area contributed by atoms with Crippen molar-refractivity contribution in [3.63, 3.8) is 0 Å². The van der Waals surface area contributed by atoms with E-state index in [1.165, 1.54) is 63.8 Å². The van der Waals surface area contributed by atoms with Crippen LogP contribution in [0.1, 0.15) is 0 Å². The zero-order chi connectivity index (χ0) is 29.5. The minimum absolute atomic E-state index is 1.01. The van der Waals surface area contributed by atoms with Crippen LogP contribution in [0.25, 0.3) is 86.3 Å². The van der Waals surface area contributed by atoms with Crippen LogP contribution in [0.2, 0.25) is 0 Å². The van der Waals surface area contributed by atoms with Gasteiger partial charge < -0.3 is 9.13 Å². The summed E-state index contributed by atoms with van der Waals surface area (Å²) >= 11 is 1.84. The third kappa shape index (κ3) is 3.53. The quantitative estimate of drug-likeness (QED) is 0.205. The first kappa shape index (κ1) is 24.6. The molecular formula is C40H24N4S. The van der Waals surface area contributed by atoms with E-state index in [9.17, 15) is 0 Å². The highest BCUT2D eigenvalue weighted by Gasteiger charge is 2.19. The molecule has 0 saturated carbocycles. The molecule has 0 spiro atoms. The van der Waals surface area contributed by atoms with E-state index < -0.39 is 0 Å². The smallest absolute Gasteiger partial charge is 0.115 e. The lowest BCUT2D eigenvalue weighted by Gasteiger charge is -2.12. The first-order valence-electron chi connectivity index (χ1n) is 15.1. The van der Waals surface area contributed by atoms with Gasteiger partial charge in [-0.1, -0.05) is 72.8 Å². The normalized spacial score (nSPS) is 12.0. The van der Waals surface area contributed by atoms with Gasteiger partial charge in [0.1, 0.15) is 6.33 Å². The molecule has 0 fully saturated rings. The lowest BCUT2D eigenvalue weighted by atomic mass is 10.0. The Labute approximate surface area is 262 Å². The second-order valence-electron chi connectivity index (χ2n) is 11.5. The standard InChI is InChI=1S/C40H24N4S/c1-5-13-35-28(9-1)29-10-2-6-14-36(29)43(35)26-17-18-39-33(19-26)34-21-27(20-32(40(34)45-39)25-22-41-24-42-23-25)44-37-15-7-3-11-30(37)31-12-4-8-16-38(31)44/h1-24H. The summed E-state index contributed by atoms with van der Waals surface area (Å²) in [6.45, 7) is 0. The maximum absolute atomic E-state index is 4.40. The highest BCUT2D eigenvalue weighted by Crippen LogP contribution is 2.44. The van der Waals surface area contributed by atoms with Crippen LogP contribution in [-0.2, 0) is 0 Å². The van der Waals surface area contributed by atoms with Gasteiger partial charge in [0.05, 0.1) is 22.1 Å². The maximum atomic E-state index is 4.40. The molecule has 0 saturated heterocycles. The molecule has 6 aromatic carbocycles. The Hall–Kier alpha value is -5.78. The van der Waals surface area contributed by atoms with Crippen molar-refractivity contribution in [2.75, 3.05) is 0 Å². The van der Waals surface area contributed by atoms with Gasteiger partial charge in [0.15, 0.2) is 0 Å². The molecule has 210 valence electrons. The highest BCUT2D eigenvalue weighted by atomic mass is 32.1. The Morgan fingerprint density at radius 3 is 1.49 bits per heavy atom. The molecule has 0 unspecified atom stereocenters. The SMILES string of the molecule is c1ccc2c(c1)c1ccccc1n2-c1ccc2sc3c(-c4cncnc4)cc(-n4c5ccccc5c5ccccc54)cc3c2c1. The van der Waals surface area contributed by atoms with Crippen LogP contribution < -0.4 is 0 Å². The van der Waals surface area contributed by atoms with Crippen molar-refractivity contribution in [3.8, 4) is 22.5 Å². The Morgan fingerprint density at radius 2 is 0.933 bits per heavy atom. The number of hydrogen-bond donors (Lipinski definition) is 0. The monoisotopic (exact) mass is 592 g/mol. The first-order valence-corrected chi connectivity index (χ1v) is 15.9. The number of hydrogen-bond acceptors (Lipinski definition) is 3. The van der Waals surface area contributed by atoms with Crippen LogP contribution in [0.3, 0.4) is 0 Å². The molecule has 0 aliphatic carbocycles. The van der Waals surface area contributed by atoms with Gasteiger partial charge >= 0.3 is 0 Å². The van der Waals surface area contributed by atoms with E-state index in [2.05, 4.69) is 146 Å². The third-order valence-electron chi connectivity index (χ3n) is 9.09. The van der Waals surface area contributed by atoms with E-state index in [-0.39, 0.29) is 0 Å². The summed E-state index contributed by atoms with van der Waals surface area (Å²) in [5.41, 5.74) is 9.25. The molecule has 45 heavy (non-hydrogen) atoms. The predicted molar refractivity (Wildman–Crippen MR) is 189 cm³/mol. The number of thiophene rings is 1. The Balaban J connectivity index is 1.31. The number of rotatable bonds is 3. The molecule has 5 heteroatoms. The second kappa shape index (κ2) is 9.36. The molecule has 0 aliphatic heterocycles. The van der Waals surface area contributed by atoms with Crippen LogP contribution in [0.15, 0.2) is 146 Å². The molecule has 4 nitrogen and oxygen atoms in total. The van der Waals surface area contributed by atoms with Crippen molar-refractivity contribution in [1.29, 1.82) is 0 Å². The van der Waals surface area contributed by atoms with E-state index in [1.54, 1.807) is 6.33 Å². The van der Waals surface area contributed by atoms with Gasteiger partial charge in [-0.05, 0) is 54.6 Å². The molecule has 0 N–H and O–H groups in total. The van der Waals surface area contributed by atoms with Crippen molar-refractivity contribution >= 4 is 75.1 Å². The largest absolute Gasteiger partial charge is 0.309 e. The summed E-state index contributed by atoms with van der Waals surface area (Å²) in [5, 5.41) is 7.51. The highest BCUT2D eigenvalue weighted by molar-refractivity contribution is 7.26. The fourth-order valence-corrected chi connectivity index (χ4v) is 8.37. The van der Waals surface area contributed by atoms with Gasteiger partial charge in [-0.3, -0.25) is 0 Å². The van der Waals surface area contributed by atoms with Crippen molar-refractivity contribution in [2.45, 2.75) is 0 Å². The van der Waals surface area contributed by atoms with Gasteiger partial charge in [-0.25, -0.2) is 9.97 Å². The van der Waals surface area contributed by atoms with E-state index in [0.717, 1.165) is 22.5 Å². The number of para-hydroxylation sites is 4. The minimum atomic E-state index is 1.01. The summed E-state index contributed by atoms with van der Waals surface area (Å²) in [7, 11) is 0.